The molecule has 2 amide bonds. The van der Waals surface area contributed by atoms with Crippen molar-refractivity contribution in [2.24, 2.45) is 0 Å². The van der Waals surface area contributed by atoms with Crippen molar-refractivity contribution in [3.8, 4) is 0 Å². The first-order chi connectivity index (χ1) is 15.8. The van der Waals surface area contributed by atoms with Crippen LogP contribution in [0.15, 0.2) is 46.9 Å². The summed E-state index contributed by atoms with van der Waals surface area (Å²) in [7, 11) is -3.76. The van der Waals surface area contributed by atoms with E-state index in [0.29, 0.717) is 12.1 Å². The lowest BCUT2D eigenvalue weighted by Gasteiger charge is -2.33. The maximum absolute atomic E-state index is 13.7. The van der Waals surface area contributed by atoms with E-state index in [2.05, 4.69) is 21.2 Å². The molecule has 7 nitrogen and oxygen atoms in total. The first kappa shape index (κ1) is 27.9. The quantitative estimate of drug-likeness (QED) is 0.480. The van der Waals surface area contributed by atoms with Gasteiger partial charge in [-0.3, -0.25) is 13.9 Å². The van der Waals surface area contributed by atoms with E-state index in [4.69, 9.17) is 0 Å². The van der Waals surface area contributed by atoms with Gasteiger partial charge in [0.2, 0.25) is 21.8 Å². The zero-order valence-corrected chi connectivity index (χ0v) is 23.0. The van der Waals surface area contributed by atoms with Crippen LogP contribution >= 0.6 is 15.9 Å². The van der Waals surface area contributed by atoms with E-state index in [0.717, 1.165) is 31.7 Å². The lowest BCUT2D eigenvalue weighted by Crippen LogP contribution is -2.53. The topological polar surface area (TPSA) is 86.8 Å². The third-order valence-corrected chi connectivity index (χ3v) is 7.56. The molecule has 0 heterocycles. The third-order valence-electron chi connectivity index (χ3n) is 5.53. The van der Waals surface area contributed by atoms with E-state index in [-0.39, 0.29) is 18.5 Å². The molecule has 2 aromatic carbocycles. The molecule has 0 radical (unpaired) electrons. The molecule has 1 unspecified atom stereocenters. The summed E-state index contributed by atoms with van der Waals surface area (Å²) in [5.74, 6) is -0.704. The van der Waals surface area contributed by atoms with Crippen LogP contribution in [0.4, 0.5) is 5.69 Å². The van der Waals surface area contributed by atoms with Gasteiger partial charge in [0.1, 0.15) is 12.6 Å². The predicted octanol–water partition coefficient (Wildman–Crippen LogP) is 4.16. The summed E-state index contributed by atoms with van der Waals surface area (Å²) >= 11 is 3.42. The van der Waals surface area contributed by atoms with E-state index in [1.54, 1.807) is 18.2 Å². The highest BCUT2D eigenvalue weighted by molar-refractivity contribution is 9.10. The van der Waals surface area contributed by atoms with Crippen LogP contribution in [-0.4, -0.2) is 50.0 Å². The summed E-state index contributed by atoms with van der Waals surface area (Å²) in [5.41, 5.74) is 3.13. The van der Waals surface area contributed by atoms with Gasteiger partial charge in [0.15, 0.2) is 0 Å². The Bertz CT molecular complexity index is 1130. The predicted molar refractivity (Wildman–Crippen MR) is 140 cm³/mol. The zero-order chi connectivity index (χ0) is 25.6. The molecule has 0 aromatic heterocycles. The normalized spacial score (nSPS) is 12.4. The lowest BCUT2D eigenvalue weighted by atomic mass is 10.1. The van der Waals surface area contributed by atoms with Crippen LogP contribution in [0.25, 0.3) is 0 Å². The molecule has 2 aromatic rings. The number of amides is 2. The third kappa shape index (κ3) is 7.30. The van der Waals surface area contributed by atoms with Crippen molar-refractivity contribution in [2.45, 2.75) is 59.7 Å². The van der Waals surface area contributed by atoms with Crippen molar-refractivity contribution >= 4 is 43.5 Å². The fraction of sp³-hybridized carbons (Fsp3) is 0.440. The van der Waals surface area contributed by atoms with Crippen LogP contribution < -0.4 is 9.62 Å². The van der Waals surface area contributed by atoms with Crippen LogP contribution in [0, 0.1) is 13.8 Å². The Morgan fingerprint density at radius 2 is 1.71 bits per heavy atom. The second kappa shape index (κ2) is 11.8. The Morgan fingerprint density at radius 1 is 1.06 bits per heavy atom. The van der Waals surface area contributed by atoms with Gasteiger partial charge in [0.05, 0.1) is 11.9 Å². The van der Waals surface area contributed by atoms with Crippen LogP contribution in [0.5, 0.6) is 0 Å². The molecule has 0 saturated carbocycles. The summed E-state index contributed by atoms with van der Waals surface area (Å²) in [5, 5.41) is 2.89. The van der Waals surface area contributed by atoms with E-state index < -0.39 is 28.5 Å². The van der Waals surface area contributed by atoms with Gasteiger partial charge in [0, 0.05) is 17.1 Å². The summed E-state index contributed by atoms with van der Waals surface area (Å²) in [6.45, 7) is 9.15. The average molecular weight is 553 g/mol. The van der Waals surface area contributed by atoms with Gasteiger partial charge < -0.3 is 10.2 Å². The number of carbonyl (C=O) groups is 2. The number of sulfonamides is 1. The zero-order valence-electron chi connectivity index (χ0n) is 20.6. The van der Waals surface area contributed by atoms with Gasteiger partial charge >= 0.3 is 0 Å². The maximum Gasteiger partial charge on any atom is 0.244 e. The van der Waals surface area contributed by atoms with Gasteiger partial charge in [-0.2, -0.15) is 0 Å². The molecule has 9 heteroatoms. The number of benzene rings is 2. The Hall–Kier alpha value is -2.39. The Labute approximate surface area is 211 Å². The molecule has 0 fully saturated rings. The van der Waals surface area contributed by atoms with Crippen LogP contribution in [0.2, 0.25) is 0 Å². The van der Waals surface area contributed by atoms with E-state index >= 15 is 0 Å². The minimum Gasteiger partial charge on any atom is -0.352 e. The number of rotatable bonds is 10. The van der Waals surface area contributed by atoms with Crippen molar-refractivity contribution in [1.29, 1.82) is 0 Å². The second-order valence-electron chi connectivity index (χ2n) is 8.74. The Balaban J connectivity index is 2.48. The highest BCUT2D eigenvalue weighted by Crippen LogP contribution is 2.25. The molecule has 34 heavy (non-hydrogen) atoms. The fourth-order valence-electron chi connectivity index (χ4n) is 3.67. The number of hydrogen-bond acceptors (Lipinski definition) is 4. The molecular weight excluding hydrogens is 518 g/mol. The van der Waals surface area contributed by atoms with Gasteiger partial charge in [-0.25, -0.2) is 8.42 Å². The number of halogens is 1. The molecule has 0 aliphatic carbocycles. The molecule has 0 aliphatic heterocycles. The van der Waals surface area contributed by atoms with Crippen molar-refractivity contribution < 1.29 is 18.0 Å². The number of aryl methyl sites for hydroxylation is 2. The van der Waals surface area contributed by atoms with Gasteiger partial charge in [-0.05, 0) is 69.0 Å². The van der Waals surface area contributed by atoms with Crippen LogP contribution in [0.1, 0.15) is 43.9 Å². The van der Waals surface area contributed by atoms with Crippen LogP contribution in [-0.2, 0) is 26.2 Å². The highest BCUT2D eigenvalue weighted by Gasteiger charge is 2.32. The number of nitrogens with one attached hydrogen (secondary N) is 1. The molecular formula is C25H34BrN3O4S. The van der Waals surface area contributed by atoms with Gasteiger partial charge in [-0.15, -0.1) is 0 Å². The molecule has 1 N–H and O–H groups in total. The van der Waals surface area contributed by atoms with E-state index in [1.807, 2.05) is 58.9 Å². The number of carbonyl (C=O) groups excluding carboxylic acids is 2. The van der Waals surface area contributed by atoms with Crippen molar-refractivity contribution in [3.05, 3.63) is 63.6 Å². The summed E-state index contributed by atoms with van der Waals surface area (Å²) in [4.78, 5) is 28.2. The smallest absolute Gasteiger partial charge is 0.244 e. The fourth-order valence-corrected chi connectivity index (χ4v) is 4.76. The Morgan fingerprint density at radius 3 is 2.24 bits per heavy atom. The molecule has 0 saturated heterocycles. The first-order valence-corrected chi connectivity index (χ1v) is 13.9. The standard InChI is InChI=1S/C25H34BrN3O4S/c1-7-23(25(31)27-17(2)3)28(15-20-11-9-8-10-18(20)4)24(30)16-29(34(6,32)33)21-12-13-22(26)19(5)14-21/h8-14,17,23H,7,15-16H2,1-6H3,(H,27,31). The summed E-state index contributed by atoms with van der Waals surface area (Å²) < 4.78 is 27.3. The van der Waals surface area contributed by atoms with Gasteiger partial charge in [-0.1, -0.05) is 47.1 Å². The van der Waals surface area contributed by atoms with E-state index in [9.17, 15) is 18.0 Å². The summed E-state index contributed by atoms with van der Waals surface area (Å²) in [6.07, 6.45) is 1.47. The van der Waals surface area contributed by atoms with Crippen LogP contribution in [0.3, 0.4) is 0 Å². The molecule has 0 spiro atoms. The monoisotopic (exact) mass is 551 g/mol. The van der Waals surface area contributed by atoms with Crippen molar-refractivity contribution in [3.63, 3.8) is 0 Å². The minimum atomic E-state index is -3.76. The molecule has 1 atom stereocenters. The second-order valence-corrected chi connectivity index (χ2v) is 11.5. The number of anilines is 1. The van der Waals surface area contributed by atoms with Crippen molar-refractivity contribution in [2.75, 3.05) is 17.1 Å². The van der Waals surface area contributed by atoms with Gasteiger partial charge in [0.25, 0.3) is 0 Å². The molecule has 0 aliphatic rings. The number of hydrogen-bond donors (Lipinski definition) is 1. The highest BCUT2D eigenvalue weighted by atomic mass is 79.9. The lowest BCUT2D eigenvalue weighted by molar-refractivity contribution is -0.140. The number of nitrogens with zero attached hydrogens (tertiary/aromatic N) is 2. The SMILES string of the molecule is CCC(C(=O)NC(C)C)N(Cc1ccccc1C)C(=O)CN(c1ccc(Br)c(C)c1)S(C)(=O)=O. The van der Waals surface area contributed by atoms with E-state index in [1.165, 1.54) is 4.90 Å². The molecule has 186 valence electrons. The summed E-state index contributed by atoms with van der Waals surface area (Å²) in [6, 6.07) is 12.0. The maximum atomic E-state index is 13.7. The Kier molecular flexibility index (Phi) is 9.70. The minimum absolute atomic E-state index is 0.0878. The molecule has 0 bridgehead atoms. The molecule has 2 rings (SSSR count). The average Bonchev–Trinajstić information content (AvgIpc) is 2.73. The first-order valence-electron chi connectivity index (χ1n) is 11.2. The largest absolute Gasteiger partial charge is 0.352 e. The van der Waals surface area contributed by atoms with Crippen molar-refractivity contribution in [1.82, 2.24) is 10.2 Å².